The molecule has 1 rings (SSSR count). The molecule has 0 heterocycles. The summed E-state index contributed by atoms with van der Waals surface area (Å²) < 4.78 is 0. The Morgan fingerprint density at radius 1 is 1.46 bits per heavy atom. The molecule has 0 saturated heterocycles. The fraction of sp³-hybridized carbons (Fsp3) is 0.273. The van der Waals surface area contributed by atoms with Crippen molar-refractivity contribution in [2.75, 3.05) is 18.6 Å². The maximum atomic E-state index is 3.77. The molecule has 0 aliphatic rings. The number of rotatable bonds is 4. The molecule has 1 aromatic rings. The third-order valence-corrected chi connectivity index (χ3v) is 2.47. The Labute approximate surface area is 84.2 Å². The van der Waals surface area contributed by atoms with Gasteiger partial charge >= 0.3 is 0 Å². The Kier molecular flexibility index (Phi) is 3.90. The SMILES string of the molecule is C=Cc1cc(CSC)cc(NC)c1. The van der Waals surface area contributed by atoms with Gasteiger partial charge in [0.05, 0.1) is 0 Å². The minimum Gasteiger partial charge on any atom is -0.388 e. The first kappa shape index (κ1) is 10.2. The minimum absolute atomic E-state index is 1.05. The quantitative estimate of drug-likeness (QED) is 0.788. The van der Waals surface area contributed by atoms with Gasteiger partial charge in [-0.05, 0) is 29.5 Å². The summed E-state index contributed by atoms with van der Waals surface area (Å²) in [5, 5.41) is 3.14. The highest BCUT2D eigenvalue weighted by molar-refractivity contribution is 7.97. The molecule has 2 heteroatoms. The molecule has 0 bridgehead atoms. The second-order valence-corrected chi connectivity index (χ2v) is 3.72. The van der Waals surface area contributed by atoms with Gasteiger partial charge in [0.2, 0.25) is 0 Å². The molecule has 0 spiro atoms. The predicted molar refractivity (Wildman–Crippen MR) is 63.3 cm³/mol. The maximum Gasteiger partial charge on any atom is 0.0346 e. The lowest BCUT2D eigenvalue weighted by Gasteiger charge is -2.05. The summed E-state index contributed by atoms with van der Waals surface area (Å²) in [7, 11) is 1.94. The standard InChI is InChI=1S/C11H15NS/c1-4-9-5-10(8-13-3)7-11(6-9)12-2/h4-7,12H,1,8H2,2-3H3. The monoisotopic (exact) mass is 193 g/mol. The first-order valence-electron chi connectivity index (χ1n) is 4.23. The highest BCUT2D eigenvalue weighted by Crippen LogP contribution is 2.18. The van der Waals surface area contributed by atoms with E-state index >= 15 is 0 Å². The number of benzene rings is 1. The fourth-order valence-electron chi connectivity index (χ4n) is 1.23. The molecule has 0 aliphatic heterocycles. The number of hydrogen-bond acceptors (Lipinski definition) is 2. The molecule has 0 atom stereocenters. The van der Waals surface area contributed by atoms with Crippen LogP contribution in [-0.2, 0) is 5.75 Å². The van der Waals surface area contributed by atoms with E-state index in [4.69, 9.17) is 0 Å². The van der Waals surface area contributed by atoms with Crippen molar-refractivity contribution in [2.24, 2.45) is 0 Å². The van der Waals surface area contributed by atoms with Crippen LogP contribution in [0.1, 0.15) is 11.1 Å². The Balaban J connectivity index is 2.99. The second kappa shape index (κ2) is 4.97. The third-order valence-electron chi connectivity index (χ3n) is 1.85. The van der Waals surface area contributed by atoms with Gasteiger partial charge in [-0.15, -0.1) is 0 Å². The summed E-state index contributed by atoms with van der Waals surface area (Å²) in [6.45, 7) is 3.77. The van der Waals surface area contributed by atoms with Crippen molar-refractivity contribution in [1.29, 1.82) is 0 Å². The van der Waals surface area contributed by atoms with Gasteiger partial charge in [0.15, 0.2) is 0 Å². The van der Waals surface area contributed by atoms with Crippen LogP contribution in [0.4, 0.5) is 5.69 Å². The van der Waals surface area contributed by atoms with Gasteiger partial charge in [0.1, 0.15) is 0 Å². The lowest BCUT2D eigenvalue weighted by atomic mass is 10.1. The van der Waals surface area contributed by atoms with Gasteiger partial charge < -0.3 is 5.32 Å². The van der Waals surface area contributed by atoms with E-state index in [1.54, 1.807) is 0 Å². The van der Waals surface area contributed by atoms with Crippen LogP contribution in [-0.4, -0.2) is 13.3 Å². The third kappa shape index (κ3) is 2.81. The number of thioether (sulfide) groups is 1. The smallest absolute Gasteiger partial charge is 0.0346 e. The normalized spacial score (nSPS) is 9.69. The maximum absolute atomic E-state index is 3.77. The van der Waals surface area contributed by atoms with E-state index in [9.17, 15) is 0 Å². The van der Waals surface area contributed by atoms with E-state index in [0.29, 0.717) is 0 Å². The molecular formula is C11H15NS. The molecule has 70 valence electrons. The summed E-state index contributed by atoms with van der Waals surface area (Å²) in [4.78, 5) is 0. The van der Waals surface area contributed by atoms with Crippen LogP contribution >= 0.6 is 11.8 Å². The Hall–Kier alpha value is -0.890. The van der Waals surface area contributed by atoms with Crippen LogP contribution in [0.25, 0.3) is 6.08 Å². The summed E-state index contributed by atoms with van der Waals surface area (Å²) in [5.41, 5.74) is 3.67. The summed E-state index contributed by atoms with van der Waals surface area (Å²) in [6.07, 6.45) is 3.99. The first-order valence-corrected chi connectivity index (χ1v) is 5.62. The molecule has 0 radical (unpaired) electrons. The van der Waals surface area contributed by atoms with Crippen molar-refractivity contribution < 1.29 is 0 Å². The zero-order valence-electron chi connectivity index (χ0n) is 8.13. The number of anilines is 1. The summed E-state index contributed by atoms with van der Waals surface area (Å²) >= 11 is 1.83. The average molecular weight is 193 g/mol. The number of nitrogens with one attached hydrogen (secondary N) is 1. The zero-order valence-corrected chi connectivity index (χ0v) is 8.95. The molecule has 0 amide bonds. The van der Waals surface area contributed by atoms with Crippen molar-refractivity contribution in [3.05, 3.63) is 35.9 Å². The topological polar surface area (TPSA) is 12.0 Å². The van der Waals surface area contributed by atoms with E-state index in [-0.39, 0.29) is 0 Å². The van der Waals surface area contributed by atoms with Crippen LogP contribution in [0.5, 0.6) is 0 Å². The van der Waals surface area contributed by atoms with Gasteiger partial charge in [-0.3, -0.25) is 0 Å². The molecular weight excluding hydrogens is 178 g/mol. The predicted octanol–water partition coefficient (Wildman–Crippen LogP) is 3.23. The molecule has 13 heavy (non-hydrogen) atoms. The minimum atomic E-state index is 1.05. The van der Waals surface area contributed by atoms with E-state index < -0.39 is 0 Å². The van der Waals surface area contributed by atoms with Gasteiger partial charge in [-0.2, -0.15) is 11.8 Å². The van der Waals surface area contributed by atoms with Crippen molar-refractivity contribution in [2.45, 2.75) is 5.75 Å². The van der Waals surface area contributed by atoms with Crippen molar-refractivity contribution in [3.8, 4) is 0 Å². The molecule has 0 fully saturated rings. The Morgan fingerprint density at radius 3 is 2.77 bits per heavy atom. The molecule has 0 aliphatic carbocycles. The molecule has 0 aromatic heterocycles. The number of hydrogen-bond donors (Lipinski definition) is 1. The molecule has 0 saturated carbocycles. The molecule has 0 unspecified atom stereocenters. The Morgan fingerprint density at radius 2 is 2.23 bits per heavy atom. The first-order chi connectivity index (χ1) is 6.30. The van der Waals surface area contributed by atoms with Gasteiger partial charge in [0, 0.05) is 18.5 Å². The van der Waals surface area contributed by atoms with E-state index in [1.165, 1.54) is 11.1 Å². The van der Waals surface area contributed by atoms with E-state index in [1.807, 2.05) is 24.9 Å². The molecule has 1 aromatic carbocycles. The summed E-state index contributed by atoms with van der Waals surface area (Å²) in [5.74, 6) is 1.05. The summed E-state index contributed by atoms with van der Waals surface area (Å²) in [6, 6.07) is 6.44. The zero-order chi connectivity index (χ0) is 9.68. The van der Waals surface area contributed by atoms with Crippen LogP contribution in [0.15, 0.2) is 24.8 Å². The highest BCUT2D eigenvalue weighted by Gasteiger charge is 1.96. The fourth-order valence-corrected chi connectivity index (χ4v) is 1.73. The average Bonchev–Trinajstić information content (AvgIpc) is 2.17. The van der Waals surface area contributed by atoms with Crippen molar-refractivity contribution in [3.63, 3.8) is 0 Å². The van der Waals surface area contributed by atoms with Crippen LogP contribution < -0.4 is 5.32 Å². The van der Waals surface area contributed by atoms with Gasteiger partial charge in [-0.25, -0.2) is 0 Å². The largest absolute Gasteiger partial charge is 0.388 e. The lowest BCUT2D eigenvalue weighted by Crippen LogP contribution is -1.91. The van der Waals surface area contributed by atoms with E-state index in [0.717, 1.165) is 11.4 Å². The second-order valence-electron chi connectivity index (χ2n) is 2.85. The van der Waals surface area contributed by atoms with Gasteiger partial charge in [0.25, 0.3) is 0 Å². The molecule has 1 N–H and O–H groups in total. The Bertz CT molecular complexity index is 294. The van der Waals surface area contributed by atoms with E-state index in [2.05, 4.69) is 36.4 Å². The lowest BCUT2D eigenvalue weighted by molar-refractivity contribution is 1.38. The van der Waals surface area contributed by atoms with Gasteiger partial charge in [-0.1, -0.05) is 18.7 Å². The molecule has 1 nitrogen and oxygen atoms in total. The van der Waals surface area contributed by atoms with Crippen LogP contribution in [0, 0.1) is 0 Å². The van der Waals surface area contributed by atoms with Crippen LogP contribution in [0.3, 0.4) is 0 Å². The van der Waals surface area contributed by atoms with Crippen molar-refractivity contribution >= 4 is 23.5 Å². The van der Waals surface area contributed by atoms with Crippen LogP contribution in [0.2, 0.25) is 0 Å². The van der Waals surface area contributed by atoms with Crippen molar-refractivity contribution in [1.82, 2.24) is 0 Å². The highest BCUT2D eigenvalue weighted by atomic mass is 32.2.